The molecule has 1 nitrogen and oxygen atoms in total. The molecule has 112 valence electrons. The van der Waals surface area contributed by atoms with E-state index in [9.17, 15) is 4.79 Å². The van der Waals surface area contributed by atoms with Crippen LogP contribution in [0, 0.1) is 34.5 Å². The van der Waals surface area contributed by atoms with E-state index >= 15 is 0 Å². The van der Waals surface area contributed by atoms with Gasteiger partial charge in [0.15, 0.2) is 5.78 Å². The average Bonchev–Trinajstić information content (AvgIpc) is 2.83. The summed E-state index contributed by atoms with van der Waals surface area (Å²) in [6.45, 7) is 7.19. The highest BCUT2D eigenvalue weighted by atomic mass is 16.1. The van der Waals surface area contributed by atoms with Gasteiger partial charge >= 0.3 is 0 Å². The van der Waals surface area contributed by atoms with E-state index in [1.807, 2.05) is 12.2 Å². The Kier molecular flexibility index (Phi) is 2.72. The van der Waals surface area contributed by atoms with E-state index in [-0.39, 0.29) is 11.2 Å². The van der Waals surface area contributed by atoms with Crippen molar-refractivity contribution in [3.8, 4) is 0 Å². The van der Waals surface area contributed by atoms with Crippen LogP contribution in [-0.2, 0) is 4.79 Å². The summed E-state index contributed by atoms with van der Waals surface area (Å²) in [5.41, 5.74) is 1.97. The van der Waals surface area contributed by atoms with E-state index in [4.69, 9.17) is 0 Å². The largest absolute Gasteiger partial charge is 0.290 e. The molecule has 1 heteroatoms. The van der Waals surface area contributed by atoms with Crippen molar-refractivity contribution < 1.29 is 4.79 Å². The Bertz CT molecular complexity index is 581. The van der Waals surface area contributed by atoms with Crippen molar-refractivity contribution in [1.82, 2.24) is 0 Å². The number of fused-ring (bicyclic) bond motifs is 5. The normalized spacial score (nSPS) is 51.2. The van der Waals surface area contributed by atoms with Crippen LogP contribution in [0.3, 0.4) is 0 Å². The van der Waals surface area contributed by atoms with E-state index in [0.29, 0.717) is 11.3 Å². The van der Waals surface area contributed by atoms with Gasteiger partial charge in [-0.3, -0.25) is 4.79 Å². The fourth-order valence-corrected chi connectivity index (χ4v) is 6.10. The monoisotopic (exact) mass is 282 g/mol. The number of rotatable bonds is 0. The van der Waals surface area contributed by atoms with E-state index in [0.717, 1.165) is 17.8 Å². The minimum Gasteiger partial charge on any atom is -0.290 e. The fourth-order valence-electron chi connectivity index (χ4n) is 6.10. The van der Waals surface area contributed by atoms with Gasteiger partial charge in [0.25, 0.3) is 0 Å². The summed E-state index contributed by atoms with van der Waals surface area (Å²) in [7, 11) is 0. The second kappa shape index (κ2) is 4.21. The van der Waals surface area contributed by atoms with Gasteiger partial charge in [0.1, 0.15) is 0 Å². The maximum atomic E-state index is 11.8. The fraction of sp³-hybridized carbons (Fsp3) is 0.650. The SMILES string of the molecule is CC1CC2C3CC=CC3(C)CCC2C2(C)C=CC(=O)C=C12. The van der Waals surface area contributed by atoms with Crippen LogP contribution in [-0.4, -0.2) is 5.78 Å². The molecule has 0 bridgehead atoms. The van der Waals surface area contributed by atoms with Gasteiger partial charge in [-0.2, -0.15) is 0 Å². The van der Waals surface area contributed by atoms with Gasteiger partial charge in [-0.05, 0) is 66.9 Å². The standard InChI is InChI=1S/C20H26O/c1-13-11-15-16-5-4-8-19(16,2)9-7-17(15)20(3)10-6-14(21)12-18(13)20/h4,6,8,10,12-13,15-17H,5,7,9,11H2,1-3H3. The summed E-state index contributed by atoms with van der Waals surface area (Å²) in [4.78, 5) is 11.8. The minimum absolute atomic E-state index is 0.125. The van der Waals surface area contributed by atoms with E-state index in [1.165, 1.54) is 31.3 Å². The Labute approximate surface area is 128 Å². The molecule has 2 saturated carbocycles. The van der Waals surface area contributed by atoms with Gasteiger partial charge in [0, 0.05) is 5.41 Å². The van der Waals surface area contributed by atoms with Crippen molar-refractivity contribution in [2.75, 3.05) is 0 Å². The Morgan fingerprint density at radius 2 is 2.00 bits per heavy atom. The van der Waals surface area contributed by atoms with Gasteiger partial charge in [-0.15, -0.1) is 0 Å². The molecular weight excluding hydrogens is 256 g/mol. The molecule has 0 spiro atoms. The lowest BCUT2D eigenvalue weighted by Crippen LogP contribution is -2.50. The number of carbonyl (C=O) groups excluding carboxylic acids is 1. The Morgan fingerprint density at radius 1 is 1.19 bits per heavy atom. The zero-order valence-corrected chi connectivity index (χ0v) is 13.4. The highest BCUT2D eigenvalue weighted by molar-refractivity contribution is 6.01. The Morgan fingerprint density at radius 3 is 2.81 bits per heavy atom. The number of hydrogen-bond donors (Lipinski definition) is 0. The highest BCUT2D eigenvalue weighted by Crippen LogP contribution is 2.63. The summed E-state index contributed by atoms with van der Waals surface area (Å²) >= 11 is 0. The number of carbonyl (C=O) groups is 1. The molecule has 0 N–H and O–H groups in total. The van der Waals surface area contributed by atoms with Gasteiger partial charge in [0.05, 0.1) is 0 Å². The molecule has 0 aliphatic heterocycles. The maximum absolute atomic E-state index is 11.8. The minimum atomic E-state index is 0.125. The summed E-state index contributed by atoms with van der Waals surface area (Å²) in [5, 5.41) is 0. The third-order valence-electron chi connectivity index (χ3n) is 7.20. The zero-order valence-electron chi connectivity index (χ0n) is 13.4. The number of ketones is 1. The second-order valence-electron chi connectivity index (χ2n) is 8.31. The second-order valence-corrected chi connectivity index (χ2v) is 8.31. The van der Waals surface area contributed by atoms with E-state index < -0.39 is 0 Å². The Balaban J connectivity index is 1.76. The maximum Gasteiger partial charge on any atom is 0.178 e. The average molecular weight is 282 g/mol. The van der Waals surface area contributed by atoms with Crippen molar-refractivity contribution in [3.63, 3.8) is 0 Å². The first kappa shape index (κ1) is 13.5. The van der Waals surface area contributed by atoms with Gasteiger partial charge in [-0.25, -0.2) is 0 Å². The van der Waals surface area contributed by atoms with Crippen LogP contribution in [0.4, 0.5) is 0 Å². The van der Waals surface area contributed by atoms with Gasteiger partial charge in [-0.1, -0.05) is 44.6 Å². The molecule has 0 heterocycles. The molecule has 2 fully saturated rings. The molecule has 21 heavy (non-hydrogen) atoms. The lowest BCUT2D eigenvalue weighted by molar-refractivity contribution is -0.111. The lowest BCUT2D eigenvalue weighted by Gasteiger charge is -2.57. The van der Waals surface area contributed by atoms with E-state index in [2.05, 4.69) is 39.0 Å². The third-order valence-corrected chi connectivity index (χ3v) is 7.20. The van der Waals surface area contributed by atoms with Crippen LogP contribution >= 0.6 is 0 Å². The Hall–Kier alpha value is -1.11. The first-order chi connectivity index (χ1) is 9.94. The van der Waals surface area contributed by atoms with Crippen molar-refractivity contribution in [2.24, 2.45) is 34.5 Å². The summed E-state index contributed by atoms with van der Waals surface area (Å²) in [6, 6.07) is 0. The van der Waals surface area contributed by atoms with E-state index in [1.54, 1.807) is 0 Å². The molecule has 6 unspecified atom stereocenters. The van der Waals surface area contributed by atoms with Crippen molar-refractivity contribution >= 4 is 5.78 Å². The van der Waals surface area contributed by atoms with Gasteiger partial charge < -0.3 is 0 Å². The van der Waals surface area contributed by atoms with Crippen molar-refractivity contribution in [2.45, 2.75) is 46.5 Å². The van der Waals surface area contributed by atoms with Crippen LogP contribution < -0.4 is 0 Å². The smallest absolute Gasteiger partial charge is 0.178 e. The molecule has 0 amide bonds. The lowest BCUT2D eigenvalue weighted by atomic mass is 9.47. The predicted octanol–water partition coefficient (Wildman–Crippen LogP) is 4.71. The number of allylic oxidation sites excluding steroid dienone is 6. The molecule has 4 rings (SSSR count). The molecule has 0 aromatic carbocycles. The quantitative estimate of drug-likeness (QED) is 0.588. The van der Waals surface area contributed by atoms with Crippen molar-refractivity contribution in [3.05, 3.63) is 36.0 Å². The topological polar surface area (TPSA) is 17.1 Å². The molecule has 0 radical (unpaired) electrons. The molecule has 4 aliphatic rings. The third kappa shape index (κ3) is 1.73. The van der Waals surface area contributed by atoms with Crippen LogP contribution in [0.5, 0.6) is 0 Å². The molecule has 0 aromatic rings. The van der Waals surface area contributed by atoms with Crippen LogP contribution in [0.2, 0.25) is 0 Å². The van der Waals surface area contributed by atoms with Crippen molar-refractivity contribution in [1.29, 1.82) is 0 Å². The highest BCUT2D eigenvalue weighted by Gasteiger charge is 2.55. The number of hydrogen-bond acceptors (Lipinski definition) is 1. The van der Waals surface area contributed by atoms with Crippen LogP contribution in [0.15, 0.2) is 36.0 Å². The van der Waals surface area contributed by atoms with Gasteiger partial charge in [0.2, 0.25) is 0 Å². The molecular formula is C20H26O. The molecule has 4 aliphatic carbocycles. The molecule has 6 atom stereocenters. The summed E-state index contributed by atoms with van der Waals surface area (Å²) in [5.74, 6) is 3.10. The first-order valence-corrected chi connectivity index (χ1v) is 8.57. The summed E-state index contributed by atoms with van der Waals surface area (Å²) in [6.07, 6.45) is 16.1. The summed E-state index contributed by atoms with van der Waals surface area (Å²) < 4.78 is 0. The predicted molar refractivity (Wildman–Crippen MR) is 85.7 cm³/mol. The van der Waals surface area contributed by atoms with Crippen LogP contribution in [0.25, 0.3) is 0 Å². The zero-order chi connectivity index (χ0) is 14.8. The molecule has 0 aromatic heterocycles. The molecule has 0 saturated heterocycles. The van der Waals surface area contributed by atoms with Crippen LogP contribution in [0.1, 0.15) is 46.5 Å². The first-order valence-electron chi connectivity index (χ1n) is 8.57.